The average molecular weight is 494 g/mol. The second-order valence-corrected chi connectivity index (χ2v) is 9.47. The summed E-state index contributed by atoms with van der Waals surface area (Å²) in [6.45, 7) is 2.15. The number of rotatable bonds is 10. The zero-order valence-corrected chi connectivity index (χ0v) is 20.5. The van der Waals surface area contributed by atoms with Gasteiger partial charge in [0.2, 0.25) is 11.8 Å². The monoisotopic (exact) mass is 493 g/mol. The molecular weight excluding hydrogens is 461 g/mol. The second kappa shape index (κ2) is 11.5. The SMILES string of the molecule is CCC(C(=O)NC1CCCC1)N(Cc1ccc(F)cc1)C(=O)CCCN1C(=O)c2ccccc2C1=O. The Morgan fingerprint density at radius 3 is 2.22 bits per heavy atom. The largest absolute Gasteiger partial charge is 0.352 e. The first kappa shape index (κ1) is 25.5. The maximum absolute atomic E-state index is 13.4. The van der Waals surface area contributed by atoms with Crippen LogP contribution in [0.4, 0.5) is 4.39 Å². The van der Waals surface area contributed by atoms with Gasteiger partial charge in [-0.3, -0.25) is 24.1 Å². The summed E-state index contributed by atoms with van der Waals surface area (Å²) in [5.74, 6) is -1.50. The Hall–Kier alpha value is -3.55. The highest BCUT2D eigenvalue weighted by atomic mass is 19.1. The summed E-state index contributed by atoms with van der Waals surface area (Å²) >= 11 is 0. The van der Waals surface area contributed by atoms with Crippen LogP contribution in [0.15, 0.2) is 48.5 Å². The number of hydrogen-bond donors (Lipinski definition) is 1. The predicted octanol–water partition coefficient (Wildman–Crippen LogP) is 4.07. The molecule has 0 spiro atoms. The number of halogens is 1. The fourth-order valence-electron chi connectivity index (χ4n) is 5.05. The highest BCUT2D eigenvalue weighted by Crippen LogP contribution is 2.23. The molecule has 8 heteroatoms. The fraction of sp³-hybridized carbons (Fsp3) is 0.429. The van der Waals surface area contributed by atoms with Crippen LogP contribution in [0, 0.1) is 5.82 Å². The molecule has 1 atom stereocenters. The molecule has 190 valence electrons. The van der Waals surface area contributed by atoms with Crippen molar-refractivity contribution in [3.63, 3.8) is 0 Å². The molecule has 1 fully saturated rings. The molecule has 7 nitrogen and oxygen atoms in total. The minimum Gasteiger partial charge on any atom is -0.352 e. The van der Waals surface area contributed by atoms with Crippen LogP contribution in [0.5, 0.6) is 0 Å². The molecule has 1 saturated carbocycles. The number of amides is 4. The van der Waals surface area contributed by atoms with E-state index in [1.54, 1.807) is 41.3 Å². The summed E-state index contributed by atoms with van der Waals surface area (Å²) < 4.78 is 13.4. The summed E-state index contributed by atoms with van der Waals surface area (Å²) in [7, 11) is 0. The van der Waals surface area contributed by atoms with E-state index in [9.17, 15) is 23.6 Å². The molecule has 1 heterocycles. The maximum atomic E-state index is 13.4. The predicted molar refractivity (Wildman–Crippen MR) is 132 cm³/mol. The zero-order chi connectivity index (χ0) is 25.7. The number of nitrogens with zero attached hydrogens (tertiary/aromatic N) is 2. The van der Waals surface area contributed by atoms with Crippen LogP contribution in [0.2, 0.25) is 0 Å². The normalized spacial score (nSPS) is 16.2. The summed E-state index contributed by atoms with van der Waals surface area (Å²) in [5, 5.41) is 3.09. The van der Waals surface area contributed by atoms with Crippen LogP contribution in [0.25, 0.3) is 0 Å². The van der Waals surface area contributed by atoms with Crippen molar-refractivity contribution in [3.05, 3.63) is 71.0 Å². The molecule has 0 saturated heterocycles. The number of carbonyl (C=O) groups excluding carboxylic acids is 4. The first-order valence-electron chi connectivity index (χ1n) is 12.7. The molecule has 2 aliphatic rings. The lowest BCUT2D eigenvalue weighted by molar-refractivity contribution is -0.141. The smallest absolute Gasteiger partial charge is 0.261 e. The highest BCUT2D eigenvalue weighted by molar-refractivity contribution is 6.21. The molecule has 4 rings (SSSR count). The van der Waals surface area contributed by atoms with Gasteiger partial charge in [0.15, 0.2) is 0 Å². The van der Waals surface area contributed by atoms with Gasteiger partial charge in [0.1, 0.15) is 11.9 Å². The molecule has 1 aliphatic heterocycles. The molecule has 0 radical (unpaired) electrons. The third-order valence-electron chi connectivity index (χ3n) is 7.00. The van der Waals surface area contributed by atoms with Crippen molar-refractivity contribution >= 4 is 23.6 Å². The number of nitrogens with one attached hydrogen (secondary N) is 1. The van der Waals surface area contributed by atoms with E-state index < -0.39 is 6.04 Å². The molecule has 2 aromatic rings. The Balaban J connectivity index is 1.43. The lowest BCUT2D eigenvalue weighted by atomic mass is 10.1. The van der Waals surface area contributed by atoms with Crippen molar-refractivity contribution in [1.82, 2.24) is 15.1 Å². The molecule has 36 heavy (non-hydrogen) atoms. The van der Waals surface area contributed by atoms with E-state index in [2.05, 4.69) is 5.32 Å². The number of benzene rings is 2. The van der Waals surface area contributed by atoms with E-state index in [1.807, 2.05) is 6.92 Å². The Labute approximate surface area is 210 Å². The van der Waals surface area contributed by atoms with E-state index in [0.717, 1.165) is 31.2 Å². The van der Waals surface area contributed by atoms with Gasteiger partial charge in [0, 0.05) is 25.6 Å². The van der Waals surface area contributed by atoms with Gasteiger partial charge in [0.05, 0.1) is 11.1 Å². The molecular formula is C28H32FN3O4. The quantitative estimate of drug-likeness (QED) is 0.506. The molecule has 0 aromatic heterocycles. The molecule has 1 unspecified atom stereocenters. The Morgan fingerprint density at radius 1 is 1.03 bits per heavy atom. The van der Waals surface area contributed by atoms with Crippen LogP contribution >= 0.6 is 0 Å². The highest BCUT2D eigenvalue weighted by Gasteiger charge is 2.35. The fourth-order valence-corrected chi connectivity index (χ4v) is 5.05. The van der Waals surface area contributed by atoms with Gasteiger partial charge < -0.3 is 10.2 Å². The molecule has 2 aromatic carbocycles. The van der Waals surface area contributed by atoms with Crippen molar-refractivity contribution in [2.24, 2.45) is 0 Å². The van der Waals surface area contributed by atoms with E-state index in [-0.39, 0.29) is 61.4 Å². The maximum Gasteiger partial charge on any atom is 0.261 e. The van der Waals surface area contributed by atoms with E-state index in [1.165, 1.54) is 17.0 Å². The lowest BCUT2D eigenvalue weighted by Crippen LogP contribution is -2.51. The lowest BCUT2D eigenvalue weighted by Gasteiger charge is -2.31. The molecule has 1 aliphatic carbocycles. The van der Waals surface area contributed by atoms with Gasteiger partial charge in [-0.25, -0.2) is 4.39 Å². The first-order valence-corrected chi connectivity index (χ1v) is 12.7. The van der Waals surface area contributed by atoms with Crippen molar-refractivity contribution in [1.29, 1.82) is 0 Å². The first-order chi connectivity index (χ1) is 17.4. The van der Waals surface area contributed by atoms with Crippen LogP contribution in [0.3, 0.4) is 0 Å². The number of imide groups is 1. The standard InChI is InChI=1S/C28H32FN3O4/c1-2-24(26(34)30-21-8-3-4-9-21)32(18-19-13-15-20(29)16-14-19)25(33)12-7-17-31-27(35)22-10-5-6-11-23(22)28(31)36/h5-6,10-11,13-16,21,24H,2-4,7-9,12,17-18H2,1H3,(H,30,34). The molecule has 0 bridgehead atoms. The third kappa shape index (κ3) is 5.64. The molecule has 1 N–H and O–H groups in total. The zero-order valence-electron chi connectivity index (χ0n) is 20.5. The van der Waals surface area contributed by atoms with Crippen molar-refractivity contribution in [2.75, 3.05) is 6.54 Å². The van der Waals surface area contributed by atoms with Gasteiger partial charge >= 0.3 is 0 Å². The number of hydrogen-bond acceptors (Lipinski definition) is 4. The topological polar surface area (TPSA) is 86.8 Å². The molecule has 4 amide bonds. The van der Waals surface area contributed by atoms with Crippen LogP contribution in [-0.4, -0.2) is 52.1 Å². The van der Waals surface area contributed by atoms with Gasteiger partial charge in [-0.2, -0.15) is 0 Å². The van der Waals surface area contributed by atoms with E-state index >= 15 is 0 Å². The van der Waals surface area contributed by atoms with E-state index in [4.69, 9.17) is 0 Å². The number of fused-ring (bicyclic) bond motifs is 1. The summed E-state index contributed by atoms with van der Waals surface area (Å²) in [5.41, 5.74) is 1.47. The van der Waals surface area contributed by atoms with Crippen LogP contribution in [0.1, 0.15) is 78.1 Å². The Kier molecular flexibility index (Phi) is 8.13. The van der Waals surface area contributed by atoms with Crippen molar-refractivity contribution in [3.8, 4) is 0 Å². The summed E-state index contributed by atoms with van der Waals surface area (Å²) in [6.07, 6.45) is 4.83. The minimum atomic E-state index is -0.664. The Morgan fingerprint density at radius 2 is 1.64 bits per heavy atom. The van der Waals surface area contributed by atoms with Gasteiger partial charge in [-0.05, 0) is 55.5 Å². The Bertz CT molecular complexity index is 1090. The van der Waals surface area contributed by atoms with Crippen LogP contribution in [-0.2, 0) is 16.1 Å². The van der Waals surface area contributed by atoms with E-state index in [0.29, 0.717) is 17.5 Å². The van der Waals surface area contributed by atoms with Gasteiger partial charge in [0.25, 0.3) is 11.8 Å². The van der Waals surface area contributed by atoms with Gasteiger partial charge in [-0.15, -0.1) is 0 Å². The summed E-state index contributed by atoms with van der Waals surface area (Å²) in [4.78, 5) is 54.5. The average Bonchev–Trinajstić information content (AvgIpc) is 3.47. The summed E-state index contributed by atoms with van der Waals surface area (Å²) in [6, 6.07) is 12.0. The van der Waals surface area contributed by atoms with Crippen molar-refractivity contribution in [2.45, 2.75) is 70.5 Å². The van der Waals surface area contributed by atoms with Crippen molar-refractivity contribution < 1.29 is 23.6 Å². The number of carbonyl (C=O) groups is 4. The van der Waals surface area contributed by atoms with Crippen LogP contribution < -0.4 is 5.32 Å². The third-order valence-corrected chi connectivity index (χ3v) is 7.00. The second-order valence-electron chi connectivity index (χ2n) is 9.47. The minimum absolute atomic E-state index is 0.0712. The van der Waals surface area contributed by atoms with Gasteiger partial charge in [-0.1, -0.05) is 44.0 Å².